The summed E-state index contributed by atoms with van der Waals surface area (Å²) in [5.41, 5.74) is 0.797. The fourth-order valence-corrected chi connectivity index (χ4v) is 4.45. The van der Waals surface area contributed by atoms with Crippen LogP contribution in [0.2, 0.25) is 0 Å². The molecule has 0 unspecified atom stereocenters. The number of hydrogen-bond donors (Lipinski definition) is 0. The Morgan fingerprint density at radius 3 is 2.40 bits per heavy atom. The van der Waals surface area contributed by atoms with E-state index in [0.29, 0.717) is 23.2 Å². The van der Waals surface area contributed by atoms with Crippen molar-refractivity contribution in [3.8, 4) is 23.0 Å². The average Bonchev–Trinajstić information content (AvgIpc) is 3.25. The van der Waals surface area contributed by atoms with Crippen molar-refractivity contribution in [2.45, 2.75) is 12.1 Å². The van der Waals surface area contributed by atoms with Crippen LogP contribution in [0.1, 0.15) is 20.7 Å². The van der Waals surface area contributed by atoms with Gasteiger partial charge in [0.05, 0.1) is 32.3 Å². The summed E-state index contributed by atoms with van der Waals surface area (Å²) in [6.45, 7) is 0. The minimum atomic E-state index is -1.11. The molecule has 204 valence electrons. The zero-order valence-corrected chi connectivity index (χ0v) is 21.5. The van der Waals surface area contributed by atoms with E-state index >= 15 is 0 Å². The molecule has 0 N–H and O–H groups in total. The van der Waals surface area contributed by atoms with E-state index in [0.717, 1.165) is 9.80 Å². The molecule has 3 aliphatic heterocycles. The van der Waals surface area contributed by atoms with E-state index in [1.807, 2.05) is 0 Å². The van der Waals surface area contributed by atoms with Crippen LogP contribution < -0.4 is 14.2 Å². The minimum absolute atomic E-state index is 0.0297. The number of amides is 3. The highest BCUT2D eigenvalue weighted by molar-refractivity contribution is 6.42. The summed E-state index contributed by atoms with van der Waals surface area (Å²) < 4.78 is 27.7. The average molecular weight is 546 g/mol. The third kappa shape index (κ3) is 4.45. The smallest absolute Gasteiger partial charge is 0.338 e. The van der Waals surface area contributed by atoms with Crippen molar-refractivity contribution < 1.29 is 47.7 Å². The van der Waals surface area contributed by atoms with Gasteiger partial charge in [0.2, 0.25) is 0 Å². The molecule has 0 aromatic heterocycles. The van der Waals surface area contributed by atoms with Crippen molar-refractivity contribution >= 4 is 30.0 Å². The lowest BCUT2D eigenvalue weighted by Gasteiger charge is -2.35. The molecule has 0 bridgehead atoms. The van der Waals surface area contributed by atoms with Gasteiger partial charge in [-0.3, -0.25) is 29.0 Å². The summed E-state index contributed by atoms with van der Waals surface area (Å²) >= 11 is 0. The molecule has 0 saturated carbocycles. The van der Waals surface area contributed by atoms with Crippen molar-refractivity contribution in [3.05, 3.63) is 83.5 Å². The molecule has 5 rings (SSSR count). The van der Waals surface area contributed by atoms with E-state index in [1.165, 1.54) is 76.3 Å². The van der Waals surface area contributed by atoms with Gasteiger partial charge >= 0.3 is 17.8 Å². The third-order valence-corrected chi connectivity index (χ3v) is 6.46. The highest BCUT2D eigenvalue weighted by Gasteiger charge is 2.51. The molecule has 2 aromatic rings. The summed E-state index contributed by atoms with van der Waals surface area (Å²) in [5, 5.41) is 0. The van der Waals surface area contributed by atoms with E-state index in [4.69, 9.17) is 23.7 Å². The summed E-state index contributed by atoms with van der Waals surface area (Å²) in [6, 6.07) is 7.94. The number of esters is 1. The first-order chi connectivity index (χ1) is 19.3. The number of aldehydes is 1. The maximum Gasteiger partial charge on any atom is 0.338 e. The lowest BCUT2D eigenvalue weighted by Crippen LogP contribution is -2.57. The zero-order chi connectivity index (χ0) is 28.6. The maximum atomic E-state index is 13.3. The van der Waals surface area contributed by atoms with Gasteiger partial charge in [-0.05, 0) is 48.6 Å². The molecule has 1 fully saturated rings. The van der Waals surface area contributed by atoms with Gasteiger partial charge in [0.15, 0.2) is 23.0 Å². The molecule has 3 aliphatic rings. The number of rotatable bonds is 7. The first-order valence-corrected chi connectivity index (χ1v) is 11.9. The summed E-state index contributed by atoms with van der Waals surface area (Å²) in [4.78, 5) is 64.1. The number of imide groups is 1. The van der Waals surface area contributed by atoms with Crippen molar-refractivity contribution in [3.63, 3.8) is 0 Å². The summed E-state index contributed by atoms with van der Waals surface area (Å²) in [7, 11) is 4.06. The number of carbonyl (C=O) groups is 5. The monoisotopic (exact) mass is 546 g/mol. The van der Waals surface area contributed by atoms with Crippen molar-refractivity contribution in [2.75, 3.05) is 21.3 Å². The Bertz CT molecular complexity index is 1540. The molecule has 0 radical (unpaired) electrons. The van der Waals surface area contributed by atoms with Crippen LogP contribution in [-0.4, -0.2) is 73.2 Å². The van der Waals surface area contributed by atoms with Crippen LogP contribution in [0.3, 0.4) is 0 Å². The van der Waals surface area contributed by atoms with Crippen LogP contribution in [0, 0.1) is 0 Å². The molecule has 2 atom stereocenters. The predicted molar refractivity (Wildman–Crippen MR) is 135 cm³/mol. The second-order valence-corrected chi connectivity index (χ2v) is 8.77. The van der Waals surface area contributed by atoms with Gasteiger partial charge < -0.3 is 23.7 Å². The Hall–Kier alpha value is -5.39. The van der Waals surface area contributed by atoms with Crippen LogP contribution in [0.15, 0.2) is 72.3 Å². The summed E-state index contributed by atoms with van der Waals surface area (Å²) in [6.07, 6.45) is 4.98. The second kappa shape index (κ2) is 10.4. The van der Waals surface area contributed by atoms with Crippen molar-refractivity contribution in [1.29, 1.82) is 0 Å². The van der Waals surface area contributed by atoms with E-state index < -0.39 is 35.8 Å². The number of benzene rings is 2. The standard InChI is InChI=1S/C28H22N2O10/c1-29-25(32)18-11-17-14-38-9-8-21(24(17)30(18)27(34)26(29)33)40-28(35)16-5-7-19(36-2)23(12-16)39-20-6-4-15(13-31)10-22(20)37-3/h4-14,21,24H,1-3H3/t21-,24-/m0/s1. The number of likely N-dealkylation sites (N-methyl/N-ethyl adjacent to an activating group) is 1. The Morgan fingerprint density at radius 2 is 1.68 bits per heavy atom. The SMILES string of the molecule is COc1cc(C=O)ccc1Oc1cc(C(=O)O[C@H]2C=COC=C3C=C4C(=O)N(C)C(=O)C(=O)N4[C@@H]32)ccc1OC. The number of piperazine rings is 1. The van der Waals surface area contributed by atoms with E-state index in [1.54, 1.807) is 6.07 Å². The maximum absolute atomic E-state index is 13.3. The van der Waals surface area contributed by atoms with Crippen LogP contribution >= 0.6 is 0 Å². The molecule has 12 heteroatoms. The first kappa shape index (κ1) is 26.2. The number of carbonyl (C=O) groups excluding carboxylic acids is 5. The number of methoxy groups -OCH3 is 2. The minimum Gasteiger partial charge on any atom is -0.493 e. The quantitative estimate of drug-likeness (QED) is 0.220. The van der Waals surface area contributed by atoms with Crippen LogP contribution in [-0.2, 0) is 23.9 Å². The van der Waals surface area contributed by atoms with Crippen molar-refractivity contribution in [1.82, 2.24) is 9.80 Å². The normalized spacial score (nSPS) is 19.5. The Morgan fingerprint density at radius 1 is 0.925 bits per heavy atom. The van der Waals surface area contributed by atoms with Crippen LogP contribution in [0.25, 0.3) is 0 Å². The number of fused-ring (bicyclic) bond motifs is 3. The van der Waals surface area contributed by atoms with Gasteiger partial charge in [0.1, 0.15) is 24.1 Å². The Balaban J connectivity index is 1.42. The lowest BCUT2D eigenvalue weighted by atomic mass is 10.0. The van der Waals surface area contributed by atoms with E-state index in [-0.39, 0.29) is 28.5 Å². The molecule has 0 aliphatic carbocycles. The molecule has 12 nitrogen and oxygen atoms in total. The third-order valence-electron chi connectivity index (χ3n) is 6.46. The summed E-state index contributed by atoms with van der Waals surface area (Å²) in [5.74, 6) is -2.39. The second-order valence-electron chi connectivity index (χ2n) is 8.77. The van der Waals surface area contributed by atoms with Gasteiger partial charge in [0, 0.05) is 18.2 Å². The largest absolute Gasteiger partial charge is 0.493 e. The molecule has 1 saturated heterocycles. The highest BCUT2D eigenvalue weighted by Crippen LogP contribution is 2.39. The predicted octanol–water partition coefficient (Wildman–Crippen LogP) is 2.36. The van der Waals surface area contributed by atoms with Crippen LogP contribution in [0.5, 0.6) is 23.0 Å². The van der Waals surface area contributed by atoms with Gasteiger partial charge in [0.25, 0.3) is 5.91 Å². The topological polar surface area (TPSA) is 138 Å². The van der Waals surface area contributed by atoms with E-state index in [9.17, 15) is 24.0 Å². The molecule has 40 heavy (non-hydrogen) atoms. The van der Waals surface area contributed by atoms with Gasteiger partial charge in [-0.1, -0.05) is 0 Å². The van der Waals surface area contributed by atoms with Crippen LogP contribution in [0.4, 0.5) is 0 Å². The van der Waals surface area contributed by atoms with Gasteiger partial charge in [-0.15, -0.1) is 0 Å². The fraction of sp³-hybridized carbons (Fsp3) is 0.179. The van der Waals surface area contributed by atoms with E-state index in [2.05, 4.69) is 0 Å². The first-order valence-electron chi connectivity index (χ1n) is 11.9. The number of hydrogen-bond acceptors (Lipinski definition) is 10. The van der Waals surface area contributed by atoms with Gasteiger partial charge in [-0.25, -0.2) is 4.79 Å². The molecule has 3 amide bonds. The molecular formula is C28H22N2O10. The fourth-order valence-electron chi connectivity index (χ4n) is 4.45. The Labute approximate surface area is 227 Å². The zero-order valence-electron chi connectivity index (χ0n) is 21.5. The number of nitrogens with zero attached hydrogens (tertiary/aromatic N) is 2. The Kier molecular flexibility index (Phi) is 6.82. The highest BCUT2D eigenvalue weighted by atomic mass is 16.6. The molecule has 2 aromatic carbocycles. The molecule has 0 spiro atoms. The number of ether oxygens (including phenoxy) is 5. The van der Waals surface area contributed by atoms with Crippen molar-refractivity contribution in [2.24, 2.45) is 0 Å². The van der Waals surface area contributed by atoms with Gasteiger partial charge in [-0.2, -0.15) is 0 Å². The lowest BCUT2D eigenvalue weighted by molar-refractivity contribution is -0.160. The molecule has 3 heterocycles. The molecular weight excluding hydrogens is 524 g/mol.